The maximum absolute atomic E-state index is 11.1. The highest BCUT2D eigenvalue weighted by atomic mass is 16.5. The van der Waals surface area contributed by atoms with Crippen LogP contribution in [0.15, 0.2) is 30.6 Å². The van der Waals surface area contributed by atoms with Gasteiger partial charge in [0.25, 0.3) is 0 Å². The van der Waals surface area contributed by atoms with Gasteiger partial charge in [0.15, 0.2) is 11.6 Å². The summed E-state index contributed by atoms with van der Waals surface area (Å²) in [4.78, 5) is 15.4. The molecule has 1 N–H and O–H groups in total. The van der Waals surface area contributed by atoms with E-state index in [9.17, 15) is 4.79 Å². The van der Waals surface area contributed by atoms with Gasteiger partial charge < -0.3 is 4.74 Å². The number of amides is 1. The Bertz CT molecular complexity index is 762. The van der Waals surface area contributed by atoms with E-state index in [1.807, 2.05) is 12.1 Å². The van der Waals surface area contributed by atoms with E-state index < -0.39 is 0 Å². The van der Waals surface area contributed by atoms with Gasteiger partial charge in [-0.3, -0.25) is 10.1 Å². The molecule has 3 rings (SSSR count). The standard InChI is InChI=1S/C12H12N6O2/c1-8(19)14-12-15-11-9(20-2)4-5-10(18(11)16-12)17-7-3-6-13-17/h3-7H,1-2H3,(H,14,16,19). The Labute approximate surface area is 114 Å². The molecule has 0 aromatic carbocycles. The molecule has 0 unspecified atom stereocenters. The van der Waals surface area contributed by atoms with E-state index in [0.29, 0.717) is 17.2 Å². The topological polar surface area (TPSA) is 86.3 Å². The van der Waals surface area contributed by atoms with E-state index in [1.54, 1.807) is 34.8 Å². The predicted molar refractivity (Wildman–Crippen MR) is 71.0 cm³/mol. The Kier molecular flexibility index (Phi) is 2.82. The lowest BCUT2D eigenvalue weighted by Crippen LogP contribution is -2.08. The van der Waals surface area contributed by atoms with Crippen LogP contribution in [0.3, 0.4) is 0 Å². The molecule has 0 aliphatic rings. The average molecular weight is 272 g/mol. The summed E-state index contributed by atoms with van der Waals surface area (Å²) in [6.45, 7) is 1.40. The van der Waals surface area contributed by atoms with E-state index in [2.05, 4.69) is 20.5 Å². The number of hydrogen-bond donors (Lipinski definition) is 1. The molecule has 0 atom stereocenters. The van der Waals surface area contributed by atoms with E-state index in [1.165, 1.54) is 6.92 Å². The van der Waals surface area contributed by atoms with Crippen LogP contribution in [0.1, 0.15) is 6.92 Å². The third-order valence-corrected chi connectivity index (χ3v) is 2.68. The monoisotopic (exact) mass is 272 g/mol. The summed E-state index contributed by atoms with van der Waals surface area (Å²) in [6.07, 6.45) is 3.46. The number of carbonyl (C=O) groups excluding carboxylic acids is 1. The molecular formula is C12H12N6O2. The van der Waals surface area contributed by atoms with Crippen LogP contribution in [-0.2, 0) is 4.79 Å². The molecule has 0 saturated heterocycles. The summed E-state index contributed by atoms with van der Waals surface area (Å²) in [5.41, 5.74) is 0.504. The molecule has 0 radical (unpaired) electrons. The Morgan fingerprint density at radius 2 is 2.25 bits per heavy atom. The Balaban J connectivity index is 2.22. The third kappa shape index (κ3) is 1.96. The summed E-state index contributed by atoms with van der Waals surface area (Å²) in [7, 11) is 1.55. The van der Waals surface area contributed by atoms with Gasteiger partial charge in [0.05, 0.1) is 7.11 Å². The van der Waals surface area contributed by atoms with Crippen molar-refractivity contribution in [3.63, 3.8) is 0 Å². The fraction of sp³-hybridized carbons (Fsp3) is 0.167. The lowest BCUT2D eigenvalue weighted by molar-refractivity contribution is -0.114. The van der Waals surface area contributed by atoms with Gasteiger partial charge in [0.1, 0.15) is 0 Å². The average Bonchev–Trinajstić information content (AvgIpc) is 3.05. The van der Waals surface area contributed by atoms with Gasteiger partial charge in [-0.1, -0.05) is 0 Å². The number of fused-ring (bicyclic) bond motifs is 1. The van der Waals surface area contributed by atoms with Crippen LogP contribution < -0.4 is 10.1 Å². The van der Waals surface area contributed by atoms with Crippen LogP contribution in [0.5, 0.6) is 5.75 Å². The van der Waals surface area contributed by atoms with Crippen molar-refractivity contribution in [2.45, 2.75) is 6.92 Å². The minimum atomic E-state index is -0.236. The van der Waals surface area contributed by atoms with E-state index >= 15 is 0 Å². The molecule has 1 amide bonds. The number of methoxy groups -OCH3 is 1. The van der Waals surface area contributed by atoms with Crippen LogP contribution in [0.2, 0.25) is 0 Å². The number of rotatable bonds is 3. The van der Waals surface area contributed by atoms with Crippen LogP contribution in [0.4, 0.5) is 5.95 Å². The summed E-state index contributed by atoms with van der Waals surface area (Å²) in [6, 6.07) is 5.39. The number of pyridine rings is 1. The van der Waals surface area contributed by atoms with Gasteiger partial charge in [-0.2, -0.15) is 14.6 Å². The molecular weight excluding hydrogens is 260 g/mol. The highest BCUT2D eigenvalue weighted by Crippen LogP contribution is 2.22. The first-order valence-electron chi connectivity index (χ1n) is 5.90. The Morgan fingerprint density at radius 1 is 1.40 bits per heavy atom. The summed E-state index contributed by atoms with van der Waals surface area (Å²) in [5, 5.41) is 11.0. The van der Waals surface area contributed by atoms with Crippen LogP contribution in [0.25, 0.3) is 11.5 Å². The van der Waals surface area contributed by atoms with Gasteiger partial charge in [-0.05, 0) is 18.2 Å². The van der Waals surface area contributed by atoms with Crippen molar-refractivity contribution in [1.82, 2.24) is 24.4 Å². The van der Waals surface area contributed by atoms with Crippen molar-refractivity contribution in [2.75, 3.05) is 12.4 Å². The molecule has 8 heteroatoms. The molecule has 3 aromatic rings. The fourth-order valence-electron chi connectivity index (χ4n) is 1.87. The second kappa shape index (κ2) is 4.65. The second-order valence-corrected chi connectivity index (χ2v) is 4.06. The normalized spacial score (nSPS) is 10.7. The Hall–Kier alpha value is -2.90. The molecule has 0 fully saturated rings. The maximum atomic E-state index is 11.1. The largest absolute Gasteiger partial charge is 0.493 e. The Morgan fingerprint density at radius 3 is 2.90 bits per heavy atom. The molecule has 0 aliphatic heterocycles. The quantitative estimate of drug-likeness (QED) is 0.765. The highest BCUT2D eigenvalue weighted by Gasteiger charge is 2.14. The third-order valence-electron chi connectivity index (χ3n) is 2.68. The molecule has 20 heavy (non-hydrogen) atoms. The lowest BCUT2D eigenvalue weighted by Gasteiger charge is -2.06. The smallest absolute Gasteiger partial charge is 0.249 e. The fourth-order valence-corrected chi connectivity index (χ4v) is 1.87. The molecule has 8 nitrogen and oxygen atoms in total. The zero-order valence-electron chi connectivity index (χ0n) is 10.9. The number of aromatic nitrogens is 5. The number of ether oxygens (including phenoxy) is 1. The number of nitrogens with one attached hydrogen (secondary N) is 1. The van der Waals surface area contributed by atoms with Crippen molar-refractivity contribution >= 4 is 17.5 Å². The van der Waals surface area contributed by atoms with Crippen molar-refractivity contribution in [1.29, 1.82) is 0 Å². The SMILES string of the molecule is COc1ccc(-n2cccn2)n2nc(NC(C)=O)nc12. The number of anilines is 1. The summed E-state index contributed by atoms with van der Waals surface area (Å²) >= 11 is 0. The number of nitrogens with zero attached hydrogens (tertiary/aromatic N) is 5. The first kappa shape index (κ1) is 12.2. The summed E-state index contributed by atoms with van der Waals surface area (Å²) < 4.78 is 8.47. The van der Waals surface area contributed by atoms with E-state index in [0.717, 1.165) is 0 Å². The zero-order chi connectivity index (χ0) is 14.1. The molecule has 0 aliphatic carbocycles. The van der Waals surface area contributed by atoms with Crippen molar-refractivity contribution < 1.29 is 9.53 Å². The highest BCUT2D eigenvalue weighted by molar-refractivity contribution is 5.87. The first-order chi connectivity index (χ1) is 9.69. The van der Waals surface area contributed by atoms with Gasteiger partial charge in [0, 0.05) is 19.3 Å². The van der Waals surface area contributed by atoms with Crippen LogP contribution >= 0.6 is 0 Å². The number of carbonyl (C=O) groups is 1. The van der Waals surface area contributed by atoms with Gasteiger partial charge in [-0.25, -0.2) is 4.68 Å². The molecule has 3 aromatic heterocycles. The minimum Gasteiger partial charge on any atom is -0.493 e. The van der Waals surface area contributed by atoms with Crippen LogP contribution in [-0.4, -0.2) is 37.4 Å². The molecule has 0 spiro atoms. The molecule has 0 bridgehead atoms. The van der Waals surface area contributed by atoms with Crippen molar-refractivity contribution in [2.24, 2.45) is 0 Å². The molecule has 3 heterocycles. The van der Waals surface area contributed by atoms with Crippen LogP contribution in [0, 0.1) is 0 Å². The van der Waals surface area contributed by atoms with Gasteiger partial charge in [-0.15, -0.1) is 5.10 Å². The minimum absolute atomic E-state index is 0.218. The molecule has 102 valence electrons. The predicted octanol–water partition coefficient (Wildman–Crippen LogP) is 0.882. The van der Waals surface area contributed by atoms with E-state index in [-0.39, 0.29) is 11.9 Å². The second-order valence-electron chi connectivity index (χ2n) is 4.06. The van der Waals surface area contributed by atoms with Crippen molar-refractivity contribution in [3.8, 4) is 11.6 Å². The molecule has 0 saturated carbocycles. The van der Waals surface area contributed by atoms with Gasteiger partial charge >= 0.3 is 0 Å². The summed E-state index contributed by atoms with van der Waals surface area (Å²) in [5.74, 6) is 1.23. The van der Waals surface area contributed by atoms with E-state index in [4.69, 9.17) is 4.74 Å². The maximum Gasteiger partial charge on any atom is 0.249 e. The zero-order valence-corrected chi connectivity index (χ0v) is 10.9. The number of hydrogen-bond acceptors (Lipinski definition) is 5. The first-order valence-corrected chi connectivity index (χ1v) is 5.90. The lowest BCUT2D eigenvalue weighted by atomic mass is 10.4. The van der Waals surface area contributed by atoms with Gasteiger partial charge in [0.2, 0.25) is 17.5 Å². The van der Waals surface area contributed by atoms with Crippen molar-refractivity contribution in [3.05, 3.63) is 30.6 Å².